The zero-order chi connectivity index (χ0) is 22.4. The Hall–Kier alpha value is -3.85. The van der Waals surface area contributed by atoms with Gasteiger partial charge in [0.25, 0.3) is 11.2 Å². The van der Waals surface area contributed by atoms with E-state index in [9.17, 15) is 19.7 Å². The average Bonchev–Trinajstić information content (AvgIpc) is 3.16. The number of hydrogen-bond donors (Lipinski definition) is 1. The Morgan fingerprint density at radius 3 is 2.42 bits per heavy atom. The first-order valence-electron chi connectivity index (χ1n) is 9.28. The fourth-order valence-corrected chi connectivity index (χ4v) is 3.92. The van der Waals surface area contributed by atoms with Gasteiger partial charge in [-0.05, 0) is 12.1 Å². The lowest BCUT2D eigenvalue weighted by Gasteiger charge is -2.15. The van der Waals surface area contributed by atoms with Gasteiger partial charge in [-0.15, -0.1) is 0 Å². The Labute approximate surface area is 180 Å². The predicted octanol–water partition coefficient (Wildman–Crippen LogP) is 3.30. The van der Waals surface area contributed by atoms with E-state index in [2.05, 4.69) is 5.32 Å². The van der Waals surface area contributed by atoms with Crippen molar-refractivity contribution in [2.45, 2.75) is 0 Å². The molecule has 31 heavy (non-hydrogen) atoms. The minimum atomic E-state index is -0.490. The van der Waals surface area contributed by atoms with Crippen molar-refractivity contribution in [1.82, 2.24) is 13.7 Å². The number of anilines is 1. The number of non-ortho nitro benzene ring substituents is 1. The van der Waals surface area contributed by atoms with Gasteiger partial charge in [0.1, 0.15) is 0 Å². The highest BCUT2D eigenvalue weighted by molar-refractivity contribution is 6.33. The number of aromatic nitrogens is 3. The lowest BCUT2D eigenvalue weighted by Crippen LogP contribution is -2.36. The topological polar surface area (TPSA) is 104 Å². The molecule has 0 saturated heterocycles. The summed E-state index contributed by atoms with van der Waals surface area (Å²) in [6.07, 6.45) is 1.62. The van der Waals surface area contributed by atoms with Crippen molar-refractivity contribution in [3.8, 4) is 16.9 Å². The number of nitro groups is 1. The molecule has 0 bridgehead atoms. The number of aryl methyl sites for hydroxylation is 1. The van der Waals surface area contributed by atoms with E-state index in [0.717, 1.165) is 4.57 Å². The van der Waals surface area contributed by atoms with E-state index in [-0.39, 0.29) is 11.1 Å². The van der Waals surface area contributed by atoms with E-state index in [1.54, 1.807) is 55.2 Å². The van der Waals surface area contributed by atoms with Crippen LogP contribution in [0.1, 0.15) is 0 Å². The van der Waals surface area contributed by atoms with Gasteiger partial charge in [0, 0.05) is 50.1 Å². The van der Waals surface area contributed by atoms with E-state index in [1.807, 2.05) is 0 Å². The lowest BCUT2D eigenvalue weighted by atomic mass is 10.1. The van der Waals surface area contributed by atoms with E-state index in [0.29, 0.717) is 33.2 Å². The first-order chi connectivity index (χ1) is 14.8. The number of hydrogen-bond acceptors (Lipinski definition) is 5. The molecule has 0 amide bonds. The first-order valence-corrected chi connectivity index (χ1v) is 9.66. The number of benzene rings is 2. The molecule has 0 atom stereocenters. The molecule has 0 aliphatic heterocycles. The molecule has 158 valence electrons. The molecule has 0 spiro atoms. The van der Waals surface area contributed by atoms with Gasteiger partial charge in [0.15, 0.2) is 0 Å². The molecule has 2 aromatic heterocycles. The molecular formula is C21H18ClN5O4. The molecule has 0 aliphatic rings. The van der Waals surface area contributed by atoms with Crippen LogP contribution >= 0.6 is 11.6 Å². The zero-order valence-corrected chi connectivity index (χ0v) is 17.7. The van der Waals surface area contributed by atoms with Crippen molar-refractivity contribution in [1.29, 1.82) is 0 Å². The van der Waals surface area contributed by atoms with Crippen LogP contribution in [0.5, 0.6) is 0 Å². The Morgan fingerprint density at radius 1 is 1.06 bits per heavy atom. The van der Waals surface area contributed by atoms with E-state index >= 15 is 0 Å². The molecule has 2 aromatic carbocycles. The highest BCUT2D eigenvalue weighted by Crippen LogP contribution is 2.37. The number of fused-ring (bicyclic) bond motifs is 1. The molecule has 0 aliphatic carbocycles. The Bertz CT molecular complexity index is 1480. The summed E-state index contributed by atoms with van der Waals surface area (Å²) < 4.78 is 4.05. The third-order valence-electron chi connectivity index (χ3n) is 5.29. The molecule has 0 saturated carbocycles. The number of rotatable bonds is 4. The van der Waals surface area contributed by atoms with Crippen LogP contribution in [0.4, 0.5) is 11.4 Å². The maximum atomic E-state index is 13.2. The van der Waals surface area contributed by atoms with Crippen molar-refractivity contribution < 1.29 is 4.92 Å². The third kappa shape index (κ3) is 3.10. The summed E-state index contributed by atoms with van der Waals surface area (Å²) in [6, 6.07) is 11.4. The highest BCUT2D eigenvalue weighted by Gasteiger charge is 2.23. The Kier molecular flexibility index (Phi) is 4.90. The minimum Gasteiger partial charge on any atom is -0.386 e. The van der Waals surface area contributed by atoms with Crippen molar-refractivity contribution in [3.63, 3.8) is 0 Å². The van der Waals surface area contributed by atoms with Crippen molar-refractivity contribution in [2.24, 2.45) is 14.1 Å². The first kappa shape index (κ1) is 20.4. The average molecular weight is 440 g/mol. The van der Waals surface area contributed by atoms with Crippen LogP contribution in [0.2, 0.25) is 5.02 Å². The monoisotopic (exact) mass is 439 g/mol. The second-order valence-corrected chi connectivity index (χ2v) is 7.41. The second-order valence-electron chi connectivity index (χ2n) is 7.00. The lowest BCUT2D eigenvalue weighted by molar-refractivity contribution is -0.384. The number of nitrogens with zero attached hydrogens (tertiary/aromatic N) is 4. The predicted molar refractivity (Wildman–Crippen MR) is 120 cm³/mol. The van der Waals surface area contributed by atoms with Gasteiger partial charge in [-0.1, -0.05) is 29.8 Å². The third-order valence-corrected chi connectivity index (χ3v) is 5.62. The zero-order valence-electron chi connectivity index (χ0n) is 16.9. The maximum absolute atomic E-state index is 13.2. The van der Waals surface area contributed by atoms with Crippen molar-refractivity contribution in [3.05, 3.63) is 84.6 Å². The smallest absolute Gasteiger partial charge is 0.330 e. The molecule has 0 unspecified atom stereocenters. The summed E-state index contributed by atoms with van der Waals surface area (Å²) >= 11 is 6.48. The molecular weight excluding hydrogens is 422 g/mol. The van der Waals surface area contributed by atoms with Crippen LogP contribution in [0.3, 0.4) is 0 Å². The molecule has 9 nitrogen and oxygen atoms in total. The summed E-state index contributed by atoms with van der Waals surface area (Å²) in [5.41, 5.74) is 1.35. The van der Waals surface area contributed by atoms with Gasteiger partial charge in [0.2, 0.25) is 0 Å². The van der Waals surface area contributed by atoms with Crippen LogP contribution in [0.15, 0.2) is 58.3 Å². The van der Waals surface area contributed by atoms with Crippen molar-refractivity contribution >= 4 is 33.9 Å². The Balaban J connectivity index is 2.25. The molecule has 4 aromatic rings. The van der Waals surface area contributed by atoms with Gasteiger partial charge >= 0.3 is 5.69 Å². The number of halogens is 1. The fourth-order valence-electron chi connectivity index (χ4n) is 3.69. The van der Waals surface area contributed by atoms with Gasteiger partial charge < -0.3 is 9.88 Å². The van der Waals surface area contributed by atoms with Gasteiger partial charge in [0.05, 0.1) is 32.9 Å². The summed E-state index contributed by atoms with van der Waals surface area (Å²) in [6.45, 7) is 0. The summed E-state index contributed by atoms with van der Waals surface area (Å²) in [4.78, 5) is 36.6. The van der Waals surface area contributed by atoms with Crippen LogP contribution in [0, 0.1) is 10.1 Å². The fraction of sp³-hybridized carbons (Fsp3) is 0.143. The van der Waals surface area contributed by atoms with Crippen LogP contribution < -0.4 is 16.6 Å². The molecule has 2 heterocycles. The van der Waals surface area contributed by atoms with E-state index in [4.69, 9.17) is 11.6 Å². The van der Waals surface area contributed by atoms with Gasteiger partial charge in [-0.25, -0.2) is 4.79 Å². The second kappa shape index (κ2) is 7.44. The summed E-state index contributed by atoms with van der Waals surface area (Å²) in [5.74, 6) is 0. The molecule has 1 N–H and O–H groups in total. The number of nitro benzene ring substituents is 1. The molecule has 0 fully saturated rings. The summed E-state index contributed by atoms with van der Waals surface area (Å²) in [5, 5.41) is 15.1. The molecule has 4 rings (SSSR count). The normalized spacial score (nSPS) is 11.1. The number of nitrogens with one attached hydrogen (secondary N) is 1. The molecule has 10 heteroatoms. The van der Waals surface area contributed by atoms with E-state index in [1.165, 1.54) is 23.7 Å². The van der Waals surface area contributed by atoms with E-state index < -0.39 is 16.2 Å². The largest absolute Gasteiger partial charge is 0.386 e. The standard InChI is InChI=1S/C21H18ClN5O4/c1-23-15-9-8-12(27(30)31)10-16(15)26-11-17-18(20(28)25(3)21(29)24(17)2)19(26)13-6-4-5-7-14(13)22/h4-11,23H,1-3H3. The summed E-state index contributed by atoms with van der Waals surface area (Å²) in [7, 11) is 4.67. The van der Waals surface area contributed by atoms with Crippen LogP contribution in [0.25, 0.3) is 27.8 Å². The Morgan fingerprint density at radius 2 is 1.77 bits per heavy atom. The SMILES string of the molecule is CNc1ccc([N+](=O)[O-])cc1-n1cc2c(c1-c1ccccc1Cl)c(=O)n(C)c(=O)n2C. The maximum Gasteiger partial charge on any atom is 0.330 e. The van der Waals surface area contributed by atoms with Gasteiger partial charge in [-0.3, -0.25) is 24.0 Å². The highest BCUT2D eigenvalue weighted by atomic mass is 35.5. The minimum absolute atomic E-state index is 0.112. The van der Waals surface area contributed by atoms with Crippen LogP contribution in [-0.2, 0) is 14.1 Å². The quantitative estimate of drug-likeness (QED) is 0.388. The van der Waals surface area contributed by atoms with Crippen molar-refractivity contribution in [2.75, 3.05) is 12.4 Å². The van der Waals surface area contributed by atoms with Gasteiger partial charge in [-0.2, -0.15) is 0 Å². The molecule has 0 radical (unpaired) electrons. The van der Waals surface area contributed by atoms with Crippen LogP contribution in [-0.4, -0.2) is 25.7 Å².